The van der Waals surface area contributed by atoms with Crippen molar-refractivity contribution >= 4 is 17.1 Å². The van der Waals surface area contributed by atoms with E-state index >= 15 is 0 Å². The predicted octanol–water partition coefficient (Wildman–Crippen LogP) is 3.77. The first-order chi connectivity index (χ1) is 11.4. The van der Waals surface area contributed by atoms with Crippen molar-refractivity contribution in [3.8, 4) is 5.75 Å². The van der Waals surface area contributed by atoms with Crippen molar-refractivity contribution in [1.29, 1.82) is 0 Å². The van der Waals surface area contributed by atoms with Crippen LogP contribution in [-0.4, -0.2) is 12.4 Å². The molecule has 2 N–H and O–H groups in total. The van der Waals surface area contributed by atoms with Gasteiger partial charge in [0.05, 0.1) is 0 Å². The van der Waals surface area contributed by atoms with Gasteiger partial charge in [0.1, 0.15) is 17.1 Å². The topological polar surface area (TPSA) is 67.4 Å². The third-order valence-corrected chi connectivity index (χ3v) is 3.93. The summed E-state index contributed by atoms with van der Waals surface area (Å²) in [6.45, 7) is 7.86. The number of nitrogens with one attached hydrogen (secondary N) is 2. The van der Waals surface area contributed by atoms with E-state index in [1.54, 1.807) is 0 Å². The van der Waals surface area contributed by atoms with Crippen LogP contribution < -0.4 is 26.2 Å². The summed E-state index contributed by atoms with van der Waals surface area (Å²) in [5.41, 5.74) is -0.760. The Labute approximate surface area is 142 Å². The maximum absolute atomic E-state index is 12.1. The summed E-state index contributed by atoms with van der Waals surface area (Å²) in [5, 5.41) is 5.79. The first-order valence-electron chi connectivity index (χ1n) is 7.61. The van der Waals surface area contributed by atoms with E-state index in [2.05, 4.69) is 15.4 Å². The highest BCUT2D eigenvalue weighted by Gasteiger charge is 2.31. The number of anilines is 3. The molecule has 0 aromatic heterocycles. The maximum atomic E-state index is 12.1. The minimum Gasteiger partial charge on any atom is -0.406 e. The Balaban J connectivity index is 2.15. The third-order valence-electron chi connectivity index (χ3n) is 3.93. The first kappa shape index (κ1) is 18.8. The average molecular weight is 356 g/mol. The van der Waals surface area contributed by atoms with Crippen LogP contribution in [0.1, 0.15) is 27.7 Å². The van der Waals surface area contributed by atoms with E-state index in [9.17, 15) is 22.8 Å². The molecule has 0 amide bonds. The van der Waals surface area contributed by atoms with Crippen LogP contribution in [-0.2, 0) is 0 Å². The number of rotatable bonds is 5. The molecule has 0 radical (unpaired) electrons. The lowest BCUT2D eigenvalue weighted by Crippen LogP contribution is -2.41. The minimum atomic E-state index is -4.77. The van der Waals surface area contributed by atoms with Gasteiger partial charge in [-0.2, -0.15) is 0 Å². The highest BCUT2D eigenvalue weighted by atomic mass is 19.4. The summed E-state index contributed by atoms with van der Waals surface area (Å²) < 4.78 is 40.2. The summed E-state index contributed by atoms with van der Waals surface area (Å²) in [6.07, 6.45) is -4.77. The maximum Gasteiger partial charge on any atom is 0.573 e. The lowest BCUT2D eigenvalue weighted by molar-refractivity contribution is -0.274. The van der Waals surface area contributed by atoms with Crippen LogP contribution in [0.25, 0.3) is 0 Å². The summed E-state index contributed by atoms with van der Waals surface area (Å²) in [4.78, 5) is 23.6. The van der Waals surface area contributed by atoms with E-state index in [1.807, 2.05) is 27.7 Å². The molecule has 0 aliphatic heterocycles. The van der Waals surface area contributed by atoms with Gasteiger partial charge in [0, 0.05) is 11.7 Å². The van der Waals surface area contributed by atoms with Gasteiger partial charge >= 0.3 is 6.36 Å². The van der Waals surface area contributed by atoms with Crippen molar-refractivity contribution in [2.45, 2.75) is 40.1 Å². The molecule has 2 rings (SSSR count). The summed E-state index contributed by atoms with van der Waals surface area (Å²) in [5.74, 6) is -0.372. The zero-order valence-electron chi connectivity index (χ0n) is 14.2. The molecule has 0 aliphatic rings. The second-order valence-electron chi connectivity index (χ2n) is 6.84. The van der Waals surface area contributed by atoms with Gasteiger partial charge in [-0.1, -0.05) is 20.8 Å². The molecule has 0 fully saturated rings. The Morgan fingerprint density at radius 3 is 1.96 bits per heavy atom. The van der Waals surface area contributed by atoms with Crippen molar-refractivity contribution in [3.63, 3.8) is 0 Å². The van der Waals surface area contributed by atoms with Crippen molar-refractivity contribution in [2.24, 2.45) is 5.41 Å². The lowest BCUT2D eigenvalue weighted by Gasteiger charge is -2.30. The monoisotopic (exact) mass is 356 g/mol. The molecular formula is C17H19F3N2O3. The van der Waals surface area contributed by atoms with Gasteiger partial charge in [-0.3, -0.25) is 9.59 Å². The normalized spacial score (nSPS) is 13.6. The van der Waals surface area contributed by atoms with E-state index in [1.165, 1.54) is 12.1 Å². The number of ether oxygens (including phenoxy) is 1. The van der Waals surface area contributed by atoms with Crippen LogP contribution in [0.5, 0.6) is 5.75 Å². The van der Waals surface area contributed by atoms with Gasteiger partial charge in [0.2, 0.25) is 0 Å². The fourth-order valence-corrected chi connectivity index (χ4v) is 1.97. The highest BCUT2D eigenvalue weighted by molar-refractivity contribution is 5.79. The average Bonchev–Trinajstić information content (AvgIpc) is 2.49. The molecule has 2 aromatic rings. The smallest absolute Gasteiger partial charge is 0.406 e. The molecule has 0 saturated carbocycles. The molecule has 136 valence electrons. The van der Waals surface area contributed by atoms with Gasteiger partial charge in [-0.25, -0.2) is 0 Å². The number of benzene rings is 1. The Hall–Kier alpha value is -2.51. The number of halogens is 3. The Morgan fingerprint density at radius 2 is 1.48 bits per heavy atom. The highest BCUT2D eigenvalue weighted by Crippen LogP contribution is 2.28. The van der Waals surface area contributed by atoms with Crippen molar-refractivity contribution < 1.29 is 17.9 Å². The summed E-state index contributed by atoms with van der Waals surface area (Å²) >= 11 is 0. The molecule has 25 heavy (non-hydrogen) atoms. The van der Waals surface area contributed by atoms with E-state index in [0.717, 1.165) is 12.1 Å². The van der Waals surface area contributed by atoms with Crippen LogP contribution in [0.3, 0.4) is 0 Å². The van der Waals surface area contributed by atoms with Gasteiger partial charge in [0.25, 0.3) is 10.9 Å². The van der Waals surface area contributed by atoms with Crippen LogP contribution in [0.4, 0.5) is 30.2 Å². The molecule has 0 aliphatic carbocycles. The second kappa shape index (κ2) is 6.42. The van der Waals surface area contributed by atoms with Crippen LogP contribution in [0, 0.1) is 5.41 Å². The molecule has 1 atom stereocenters. The van der Waals surface area contributed by atoms with Crippen LogP contribution >= 0.6 is 0 Å². The van der Waals surface area contributed by atoms with E-state index in [-0.39, 0.29) is 28.6 Å². The molecule has 8 heteroatoms. The van der Waals surface area contributed by atoms with Crippen LogP contribution in [0.2, 0.25) is 0 Å². The molecular weight excluding hydrogens is 337 g/mol. The number of hydrogen-bond acceptors (Lipinski definition) is 5. The second-order valence-corrected chi connectivity index (χ2v) is 6.84. The van der Waals surface area contributed by atoms with Crippen molar-refractivity contribution in [3.05, 3.63) is 44.7 Å². The first-order valence-corrected chi connectivity index (χ1v) is 7.61. The summed E-state index contributed by atoms with van der Waals surface area (Å²) in [7, 11) is 0. The van der Waals surface area contributed by atoms with Crippen molar-refractivity contribution in [2.75, 3.05) is 10.6 Å². The van der Waals surface area contributed by atoms with E-state index in [0.29, 0.717) is 5.69 Å². The van der Waals surface area contributed by atoms with Gasteiger partial charge < -0.3 is 15.4 Å². The molecule has 5 nitrogen and oxygen atoms in total. The minimum absolute atomic E-state index is 0.0705. The lowest BCUT2D eigenvalue weighted by atomic mass is 9.87. The Bertz CT molecular complexity index is 814. The molecule has 0 spiro atoms. The van der Waals surface area contributed by atoms with Gasteiger partial charge in [-0.15, -0.1) is 13.2 Å². The third kappa shape index (κ3) is 4.52. The zero-order chi connectivity index (χ0) is 19.0. The number of hydrogen-bond donors (Lipinski definition) is 2. The standard InChI is InChI=1S/C17H19F3N2O3/c1-9(16(2,3)4)21-12-13(15(24)14(12)23)22-10-5-7-11(8-6-10)25-17(18,19)20/h5-9,21-22H,1-4H3. The van der Waals surface area contributed by atoms with Crippen molar-refractivity contribution in [1.82, 2.24) is 0 Å². The molecule has 0 saturated heterocycles. The van der Waals surface area contributed by atoms with Gasteiger partial charge in [0.15, 0.2) is 0 Å². The van der Waals surface area contributed by atoms with Gasteiger partial charge in [-0.05, 0) is 36.6 Å². The molecule has 1 unspecified atom stereocenters. The zero-order valence-corrected chi connectivity index (χ0v) is 14.2. The van der Waals surface area contributed by atoms with Crippen LogP contribution in [0.15, 0.2) is 33.9 Å². The molecule has 2 aromatic carbocycles. The molecule has 0 heterocycles. The largest absolute Gasteiger partial charge is 0.573 e. The quantitative estimate of drug-likeness (QED) is 0.799. The Morgan fingerprint density at radius 1 is 0.960 bits per heavy atom. The Kier molecular flexibility index (Phi) is 4.83. The fourth-order valence-electron chi connectivity index (χ4n) is 1.97. The summed E-state index contributed by atoms with van der Waals surface area (Å²) in [6, 6.07) is 4.82. The number of alkyl halides is 3. The predicted molar refractivity (Wildman–Crippen MR) is 90.3 cm³/mol. The molecule has 0 bridgehead atoms. The SMILES string of the molecule is CC(Nc1c(Nc2ccc(OC(F)(F)F)cc2)c(=O)c1=O)C(C)(C)C. The van der Waals surface area contributed by atoms with E-state index < -0.39 is 17.2 Å². The fraction of sp³-hybridized carbons (Fsp3) is 0.412. The van der Waals surface area contributed by atoms with E-state index in [4.69, 9.17) is 0 Å².